The van der Waals surface area contributed by atoms with Gasteiger partial charge in [0.15, 0.2) is 0 Å². The Morgan fingerprint density at radius 3 is 2.35 bits per heavy atom. The van der Waals surface area contributed by atoms with Crippen LogP contribution in [0.5, 0.6) is 5.75 Å². The van der Waals surface area contributed by atoms with Crippen molar-refractivity contribution in [3.8, 4) is 16.9 Å². The number of carbonyl (C=O) groups is 1. The lowest BCUT2D eigenvalue weighted by Gasteiger charge is -2.24. The highest BCUT2D eigenvalue weighted by Gasteiger charge is 2.35. The third-order valence-electron chi connectivity index (χ3n) is 2.79. The van der Waals surface area contributed by atoms with Crippen molar-refractivity contribution in [2.24, 2.45) is 0 Å². The number of benzene rings is 2. The SMILES string of the molecule is O=CP1(=O)Oc2ccccc2-c2ccccc21. The molecular weight excluding hydrogens is 235 g/mol. The summed E-state index contributed by atoms with van der Waals surface area (Å²) in [5.74, 6) is 0.502. The van der Waals surface area contributed by atoms with Gasteiger partial charge in [-0.25, -0.2) is 0 Å². The molecule has 0 radical (unpaired) electrons. The zero-order valence-corrected chi connectivity index (χ0v) is 9.76. The Balaban J connectivity index is 2.38. The van der Waals surface area contributed by atoms with E-state index in [-0.39, 0.29) is 0 Å². The van der Waals surface area contributed by atoms with E-state index in [1.807, 2.05) is 24.3 Å². The van der Waals surface area contributed by atoms with Gasteiger partial charge in [0.1, 0.15) is 5.75 Å². The average Bonchev–Trinajstić information content (AvgIpc) is 2.39. The summed E-state index contributed by atoms with van der Waals surface area (Å²) in [5, 5.41) is 0.480. The average molecular weight is 244 g/mol. The van der Waals surface area contributed by atoms with Crippen molar-refractivity contribution in [3.63, 3.8) is 0 Å². The molecule has 1 heterocycles. The predicted octanol–water partition coefficient (Wildman–Crippen LogP) is 2.84. The van der Waals surface area contributed by atoms with Crippen LogP contribution in [-0.4, -0.2) is 6.03 Å². The molecular formula is C13H9O3P. The topological polar surface area (TPSA) is 43.4 Å². The number of hydrogen-bond acceptors (Lipinski definition) is 3. The van der Waals surface area contributed by atoms with Gasteiger partial charge >= 0.3 is 7.37 Å². The number of rotatable bonds is 1. The minimum Gasteiger partial charge on any atom is -0.435 e. The van der Waals surface area contributed by atoms with Crippen molar-refractivity contribution in [1.82, 2.24) is 0 Å². The predicted molar refractivity (Wildman–Crippen MR) is 66.5 cm³/mol. The van der Waals surface area contributed by atoms with Crippen LogP contribution in [-0.2, 0) is 9.36 Å². The molecule has 1 aliphatic heterocycles. The second-order valence-electron chi connectivity index (χ2n) is 3.81. The quantitative estimate of drug-likeness (QED) is 0.572. The van der Waals surface area contributed by atoms with Crippen molar-refractivity contribution in [3.05, 3.63) is 48.5 Å². The highest BCUT2D eigenvalue weighted by molar-refractivity contribution is 7.81. The van der Waals surface area contributed by atoms with Gasteiger partial charge < -0.3 is 4.52 Å². The Morgan fingerprint density at radius 1 is 0.941 bits per heavy atom. The van der Waals surface area contributed by atoms with E-state index < -0.39 is 7.37 Å². The molecule has 0 spiro atoms. The maximum Gasteiger partial charge on any atom is 0.339 e. The Kier molecular flexibility index (Phi) is 2.17. The Bertz CT molecular complexity index is 649. The lowest BCUT2D eigenvalue weighted by molar-refractivity contribution is 0.493. The van der Waals surface area contributed by atoms with Crippen molar-refractivity contribution in [2.45, 2.75) is 0 Å². The van der Waals surface area contributed by atoms with Gasteiger partial charge in [0.2, 0.25) is 6.03 Å². The lowest BCUT2D eigenvalue weighted by atomic mass is 10.0. The number of para-hydroxylation sites is 1. The van der Waals surface area contributed by atoms with Gasteiger partial charge in [-0.05, 0) is 17.7 Å². The molecule has 0 aliphatic carbocycles. The largest absolute Gasteiger partial charge is 0.435 e. The minimum absolute atomic E-state index is 0.418. The molecule has 3 nitrogen and oxygen atoms in total. The Labute approximate surface area is 98.5 Å². The molecule has 2 aromatic carbocycles. The molecule has 17 heavy (non-hydrogen) atoms. The summed E-state index contributed by atoms with van der Waals surface area (Å²) in [6, 6.07) is 14.9. The molecule has 0 amide bonds. The fourth-order valence-electron chi connectivity index (χ4n) is 2.02. The summed E-state index contributed by atoms with van der Waals surface area (Å²) < 4.78 is 17.8. The van der Waals surface area contributed by atoms with E-state index in [1.165, 1.54) is 0 Å². The summed E-state index contributed by atoms with van der Waals surface area (Å²) in [4.78, 5) is 11.1. The third-order valence-corrected chi connectivity index (χ3v) is 4.60. The highest BCUT2D eigenvalue weighted by atomic mass is 31.2. The van der Waals surface area contributed by atoms with Gasteiger partial charge in [-0.2, -0.15) is 0 Å². The van der Waals surface area contributed by atoms with E-state index in [4.69, 9.17) is 4.52 Å². The van der Waals surface area contributed by atoms with E-state index in [0.29, 0.717) is 17.1 Å². The second-order valence-corrected chi connectivity index (χ2v) is 5.88. The molecule has 0 fully saturated rings. The van der Waals surface area contributed by atoms with Gasteiger partial charge in [-0.3, -0.25) is 9.36 Å². The van der Waals surface area contributed by atoms with Crippen LogP contribution < -0.4 is 9.83 Å². The normalized spacial score (nSPS) is 20.9. The van der Waals surface area contributed by atoms with E-state index >= 15 is 0 Å². The first-order chi connectivity index (χ1) is 8.24. The Hall–Kier alpha value is -1.86. The van der Waals surface area contributed by atoms with Gasteiger partial charge in [0, 0.05) is 5.56 Å². The molecule has 0 saturated carbocycles. The van der Waals surface area contributed by atoms with Crippen LogP contribution in [0.1, 0.15) is 0 Å². The van der Waals surface area contributed by atoms with Crippen LogP contribution in [0.15, 0.2) is 48.5 Å². The monoisotopic (exact) mass is 244 g/mol. The van der Waals surface area contributed by atoms with E-state index in [0.717, 1.165) is 11.1 Å². The van der Waals surface area contributed by atoms with Crippen LogP contribution >= 0.6 is 7.37 Å². The summed E-state index contributed by atoms with van der Waals surface area (Å²) >= 11 is 0. The summed E-state index contributed by atoms with van der Waals surface area (Å²) in [7, 11) is -3.40. The molecule has 4 heteroatoms. The summed E-state index contributed by atoms with van der Waals surface area (Å²) in [5.41, 5.74) is 1.68. The maximum atomic E-state index is 12.4. The highest BCUT2D eigenvalue weighted by Crippen LogP contribution is 2.52. The molecule has 0 saturated heterocycles. The van der Waals surface area contributed by atoms with Crippen molar-refractivity contribution in [1.29, 1.82) is 0 Å². The lowest BCUT2D eigenvalue weighted by Crippen LogP contribution is -2.17. The zero-order chi connectivity index (χ0) is 11.9. The molecule has 1 unspecified atom stereocenters. The van der Waals surface area contributed by atoms with Crippen LogP contribution in [0.3, 0.4) is 0 Å². The van der Waals surface area contributed by atoms with Crippen LogP contribution in [0.4, 0.5) is 0 Å². The zero-order valence-electron chi connectivity index (χ0n) is 8.87. The minimum atomic E-state index is -3.40. The smallest absolute Gasteiger partial charge is 0.339 e. The van der Waals surface area contributed by atoms with Gasteiger partial charge in [0.25, 0.3) is 0 Å². The third kappa shape index (κ3) is 1.43. The van der Waals surface area contributed by atoms with Crippen molar-refractivity contribution >= 4 is 18.7 Å². The van der Waals surface area contributed by atoms with Crippen molar-refractivity contribution < 1.29 is 13.9 Å². The number of hydrogen-bond donors (Lipinski definition) is 0. The molecule has 2 aromatic rings. The molecule has 0 bridgehead atoms. The summed E-state index contributed by atoms with van der Waals surface area (Å²) in [6.07, 6.45) is 0. The van der Waals surface area contributed by atoms with E-state index in [2.05, 4.69) is 0 Å². The standard InChI is InChI=1S/C13H9O3P/c14-9-17(15)13-8-4-2-6-11(13)10-5-1-3-7-12(10)16-17/h1-9H. The van der Waals surface area contributed by atoms with Gasteiger partial charge in [-0.15, -0.1) is 0 Å². The molecule has 84 valence electrons. The first-order valence-electron chi connectivity index (χ1n) is 5.19. The fourth-order valence-corrected chi connectivity index (χ4v) is 3.55. The number of fused-ring (bicyclic) bond motifs is 3. The van der Waals surface area contributed by atoms with E-state index in [1.54, 1.807) is 24.3 Å². The van der Waals surface area contributed by atoms with Crippen LogP contribution in [0.25, 0.3) is 11.1 Å². The summed E-state index contributed by atoms with van der Waals surface area (Å²) in [6.45, 7) is 0. The van der Waals surface area contributed by atoms with Crippen LogP contribution in [0.2, 0.25) is 0 Å². The Morgan fingerprint density at radius 2 is 1.59 bits per heavy atom. The van der Waals surface area contributed by atoms with Gasteiger partial charge in [0.05, 0.1) is 5.30 Å². The van der Waals surface area contributed by atoms with Crippen LogP contribution in [0, 0.1) is 0 Å². The molecule has 3 rings (SSSR count). The molecule has 1 aliphatic rings. The second kappa shape index (κ2) is 3.57. The van der Waals surface area contributed by atoms with Gasteiger partial charge in [-0.1, -0.05) is 36.4 Å². The molecule has 0 N–H and O–H groups in total. The van der Waals surface area contributed by atoms with E-state index in [9.17, 15) is 9.36 Å². The van der Waals surface area contributed by atoms with Crippen molar-refractivity contribution in [2.75, 3.05) is 0 Å². The maximum absolute atomic E-state index is 12.4. The first kappa shape index (κ1) is 10.3. The fraction of sp³-hybridized carbons (Fsp3) is 0. The molecule has 0 aromatic heterocycles. The first-order valence-corrected chi connectivity index (χ1v) is 6.89. The number of carbonyl (C=O) groups excluding carboxylic acids is 1. The molecule has 1 atom stereocenters.